The number of methoxy groups -OCH3 is 1. The van der Waals surface area contributed by atoms with E-state index in [0.29, 0.717) is 17.2 Å². The van der Waals surface area contributed by atoms with E-state index in [1.165, 1.54) is 13.3 Å². The second-order valence-electron chi connectivity index (χ2n) is 4.99. The molecular weight excluding hydrogens is 420 g/mol. The number of nitrogens with two attached hydrogens (primary N) is 1. The monoisotopic (exact) mass is 436 g/mol. The topological polar surface area (TPSA) is 98.0 Å². The van der Waals surface area contributed by atoms with Crippen molar-refractivity contribution in [3.8, 4) is 11.5 Å². The Morgan fingerprint density at radius 2 is 2.00 bits per heavy atom. The predicted molar refractivity (Wildman–Crippen MR) is 109 cm³/mol. The second kappa shape index (κ2) is 9.73. The normalized spacial score (nSPS) is 10.4. The largest absolute Gasteiger partial charge is 0.493 e. The molecular formula is C17H17BrN4O3S. The molecule has 0 aliphatic rings. The molecule has 0 aliphatic carbocycles. The molecule has 0 aliphatic heterocycles. The van der Waals surface area contributed by atoms with Crippen LogP contribution in [0.2, 0.25) is 0 Å². The molecule has 0 saturated carbocycles. The molecule has 2 rings (SSSR count). The van der Waals surface area contributed by atoms with Gasteiger partial charge in [-0.3, -0.25) is 10.2 Å². The van der Waals surface area contributed by atoms with E-state index in [9.17, 15) is 4.79 Å². The van der Waals surface area contributed by atoms with Crippen LogP contribution in [0.1, 0.15) is 5.56 Å². The number of hydrazone groups is 1. The van der Waals surface area contributed by atoms with Crippen molar-refractivity contribution in [2.75, 3.05) is 19.0 Å². The zero-order valence-corrected chi connectivity index (χ0v) is 16.3. The lowest BCUT2D eigenvalue weighted by Gasteiger charge is -2.11. The van der Waals surface area contributed by atoms with E-state index in [4.69, 9.17) is 15.2 Å². The number of carbonyl (C=O) groups is 1. The fourth-order valence-electron chi connectivity index (χ4n) is 1.93. The second-order valence-corrected chi connectivity index (χ2v) is 6.34. The van der Waals surface area contributed by atoms with Gasteiger partial charge in [-0.2, -0.15) is 5.10 Å². The molecule has 0 radical (unpaired) electrons. The van der Waals surface area contributed by atoms with E-state index >= 15 is 0 Å². The number of rotatable bonds is 7. The lowest BCUT2D eigenvalue weighted by Crippen LogP contribution is -2.24. The highest BCUT2D eigenvalue weighted by Crippen LogP contribution is 2.27. The van der Waals surface area contributed by atoms with E-state index < -0.39 is 0 Å². The minimum Gasteiger partial charge on any atom is -0.493 e. The minimum atomic E-state index is -0.277. The van der Waals surface area contributed by atoms with Crippen LogP contribution in [0.4, 0.5) is 5.69 Å². The van der Waals surface area contributed by atoms with Crippen molar-refractivity contribution >= 4 is 51.1 Å². The lowest BCUT2D eigenvalue weighted by atomic mass is 10.2. The number of nitrogens with zero attached hydrogens (tertiary/aromatic N) is 1. The average molecular weight is 437 g/mol. The third-order valence-corrected chi connectivity index (χ3v) is 3.68. The maximum absolute atomic E-state index is 12.0. The van der Waals surface area contributed by atoms with Crippen LogP contribution < -0.4 is 25.9 Å². The van der Waals surface area contributed by atoms with Gasteiger partial charge in [-0.15, -0.1) is 0 Å². The first-order valence-electron chi connectivity index (χ1n) is 7.42. The Balaban J connectivity index is 1.95. The molecule has 4 N–H and O–H groups in total. The standard InChI is InChI=1S/C17H17BrN4O3S/c1-24-15-8-11(9-20-22-17(19)26)2-7-14(15)25-10-16(23)21-13-5-3-12(18)4-6-13/h2-9H,10H2,1H3,(H,21,23)(H3,19,22,26). The third kappa shape index (κ3) is 6.34. The third-order valence-electron chi connectivity index (χ3n) is 3.06. The van der Waals surface area contributed by atoms with E-state index in [2.05, 4.69) is 44.0 Å². The summed E-state index contributed by atoms with van der Waals surface area (Å²) in [5.74, 6) is 0.638. The molecule has 0 atom stereocenters. The Labute approximate surface area is 164 Å². The summed E-state index contributed by atoms with van der Waals surface area (Å²) in [6.45, 7) is -0.150. The summed E-state index contributed by atoms with van der Waals surface area (Å²) in [5.41, 5.74) is 9.19. The van der Waals surface area contributed by atoms with Crippen LogP contribution in [0.5, 0.6) is 11.5 Å². The van der Waals surface area contributed by atoms with Crippen LogP contribution in [-0.2, 0) is 4.79 Å². The molecule has 0 bridgehead atoms. The van der Waals surface area contributed by atoms with Gasteiger partial charge in [0.15, 0.2) is 23.2 Å². The van der Waals surface area contributed by atoms with E-state index in [-0.39, 0.29) is 17.6 Å². The summed E-state index contributed by atoms with van der Waals surface area (Å²) in [4.78, 5) is 12.0. The molecule has 0 unspecified atom stereocenters. The first kappa shape index (κ1) is 19.7. The van der Waals surface area contributed by atoms with Gasteiger partial charge in [0.05, 0.1) is 13.3 Å². The van der Waals surface area contributed by atoms with Crippen molar-refractivity contribution < 1.29 is 14.3 Å². The number of hydrogen-bond donors (Lipinski definition) is 3. The van der Waals surface area contributed by atoms with Gasteiger partial charge >= 0.3 is 0 Å². The van der Waals surface area contributed by atoms with Crippen molar-refractivity contribution in [3.05, 3.63) is 52.5 Å². The predicted octanol–water partition coefficient (Wildman–Crippen LogP) is 2.64. The summed E-state index contributed by atoms with van der Waals surface area (Å²) >= 11 is 8.00. The fraction of sp³-hybridized carbons (Fsp3) is 0.118. The fourth-order valence-corrected chi connectivity index (χ4v) is 2.24. The Morgan fingerprint density at radius 1 is 1.27 bits per heavy atom. The molecule has 0 spiro atoms. The molecule has 7 nitrogen and oxygen atoms in total. The molecule has 0 aromatic heterocycles. The molecule has 0 heterocycles. The maximum Gasteiger partial charge on any atom is 0.262 e. The molecule has 136 valence electrons. The number of ether oxygens (including phenoxy) is 2. The first-order valence-corrected chi connectivity index (χ1v) is 8.63. The van der Waals surface area contributed by atoms with Crippen LogP contribution in [0, 0.1) is 0 Å². The molecule has 0 fully saturated rings. The van der Waals surface area contributed by atoms with Crippen molar-refractivity contribution in [2.45, 2.75) is 0 Å². The number of halogens is 1. The van der Waals surface area contributed by atoms with Crippen LogP contribution >= 0.6 is 28.1 Å². The van der Waals surface area contributed by atoms with E-state index in [1.54, 1.807) is 30.3 Å². The number of hydrogen-bond acceptors (Lipinski definition) is 5. The molecule has 2 aromatic carbocycles. The number of anilines is 1. The maximum atomic E-state index is 12.0. The number of carbonyl (C=O) groups excluding carboxylic acids is 1. The van der Waals surface area contributed by atoms with Crippen molar-refractivity contribution in [2.24, 2.45) is 10.8 Å². The Hall–Kier alpha value is -2.65. The molecule has 26 heavy (non-hydrogen) atoms. The zero-order chi connectivity index (χ0) is 18.9. The van der Waals surface area contributed by atoms with Crippen molar-refractivity contribution in [1.82, 2.24) is 5.43 Å². The van der Waals surface area contributed by atoms with Gasteiger partial charge in [0.25, 0.3) is 5.91 Å². The summed E-state index contributed by atoms with van der Waals surface area (Å²) in [5, 5.41) is 6.69. The Bertz CT molecular complexity index is 812. The Kier molecular flexibility index (Phi) is 7.37. The minimum absolute atomic E-state index is 0.0740. The highest BCUT2D eigenvalue weighted by Gasteiger charge is 2.09. The van der Waals surface area contributed by atoms with Gasteiger partial charge in [0, 0.05) is 10.2 Å². The number of nitrogens with one attached hydrogen (secondary N) is 2. The summed E-state index contributed by atoms with van der Waals surface area (Å²) in [6, 6.07) is 12.4. The highest BCUT2D eigenvalue weighted by atomic mass is 79.9. The quantitative estimate of drug-likeness (QED) is 0.350. The number of amides is 1. The van der Waals surface area contributed by atoms with Gasteiger partial charge in [0.2, 0.25) is 0 Å². The highest BCUT2D eigenvalue weighted by molar-refractivity contribution is 9.10. The van der Waals surface area contributed by atoms with Gasteiger partial charge in [-0.05, 0) is 60.2 Å². The van der Waals surface area contributed by atoms with Gasteiger partial charge in [0.1, 0.15) is 0 Å². The number of thiocarbonyl (C=S) groups is 1. The smallest absolute Gasteiger partial charge is 0.262 e. The zero-order valence-electron chi connectivity index (χ0n) is 13.9. The molecule has 0 saturated heterocycles. The van der Waals surface area contributed by atoms with Crippen LogP contribution in [0.25, 0.3) is 0 Å². The number of benzene rings is 2. The molecule has 2 aromatic rings. The summed E-state index contributed by atoms with van der Waals surface area (Å²) in [6.07, 6.45) is 1.53. The van der Waals surface area contributed by atoms with E-state index in [0.717, 1.165) is 10.0 Å². The first-order chi connectivity index (χ1) is 12.5. The molecule has 9 heteroatoms. The Morgan fingerprint density at radius 3 is 2.65 bits per heavy atom. The van der Waals surface area contributed by atoms with E-state index in [1.807, 2.05) is 12.1 Å². The SMILES string of the molecule is COc1cc(C=NNC(N)=S)ccc1OCC(=O)Nc1ccc(Br)cc1. The van der Waals surface area contributed by atoms with Crippen LogP contribution in [0.15, 0.2) is 52.0 Å². The average Bonchev–Trinajstić information content (AvgIpc) is 2.62. The van der Waals surface area contributed by atoms with Crippen LogP contribution in [-0.4, -0.2) is 31.0 Å². The van der Waals surface area contributed by atoms with Crippen molar-refractivity contribution in [1.29, 1.82) is 0 Å². The van der Waals surface area contributed by atoms with Crippen LogP contribution in [0.3, 0.4) is 0 Å². The van der Waals surface area contributed by atoms with Gasteiger partial charge in [-0.25, -0.2) is 0 Å². The lowest BCUT2D eigenvalue weighted by molar-refractivity contribution is -0.118. The summed E-state index contributed by atoms with van der Waals surface area (Å²) in [7, 11) is 1.51. The van der Waals surface area contributed by atoms with Gasteiger partial charge in [-0.1, -0.05) is 15.9 Å². The molecule has 1 amide bonds. The van der Waals surface area contributed by atoms with Crippen molar-refractivity contribution in [3.63, 3.8) is 0 Å². The summed E-state index contributed by atoms with van der Waals surface area (Å²) < 4.78 is 11.8. The van der Waals surface area contributed by atoms with Gasteiger partial charge < -0.3 is 20.5 Å².